The van der Waals surface area contributed by atoms with Gasteiger partial charge in [0.05, 0.1) is 23.6 Å². The van der Waals surface area contributed by atoms with Crippen LogP contribution in [-0.4, -0.2) is 19.1 Å². The van der Waals surface area contributed by atoms with Crippen molar-refractivity contribution in [3.8, 4) is 11.5 Å². The molecule has 0 fully saturated rings. The molecule has 3 aromatic carbocycles. The van der Waals surface area contributed by atoms with Crippen LogP contribution >= 0.6 is 0 Å². The number of nitrogens with zero attached hydrogens (tertiary/aromatic N) is 1. The van der Waals surface area contributed by atoms with Gasteiger partial charge in [-0.25, -0.2) is 0 Å². The van der Waals surface area contributed by atoms with Gasteiger partial charge in [0.2, 0.25) is 5.76 Å². The minimum Gasteiger partial charge on any atom is -0.490 e. The predicted molar refractivity (Wildman–Crippen MR) is 145 cm³/mol. The lowest BCUT2D eigenvalue weighted by Crippen LogP contribution is -2.29. The van der Waals surface area contributed by atoms with E-state index in [9.17, 15) is 9.59 Å². The Morgan fingerprint density at radius 3 is 2.46 bits per heavy atom. The summed E-state index contributed by atoms with van der Waals surface area (Å²) < 4.78 is 17.7. The molecule has 1 amide bonds. The Morgan fingerprint density at radius 2 is 1.76 bits per heavy atom. The summed E-state index contributed by atoms with van der Waals surface area (Å²) in [6.07, 6.45) is 2.54. The smallest absolute Gasteiger partial charge is 0.295 e. The van der Waals surface area contributed by atoms with Crippen molar-refractivity contribution in [3.05, 3.63) is 112 Å². The van der Waals surface area contributed by atoms with Gasteiger partial charge in [-0.05, 0) is 67.8 Å². The van der Waals surface area contributed by atoms with Crippen LogP contribution in [0.15, 0.2) is 82.5 Å². The van der Waals surface area contributed by atoms with Gasteiger partial charge in [-0.2, -0.15) is 0 Å². The Balaban J connectivity index is 1.74. The first kappa shape index (κ1) is 24.4. The topological polar surface area (TPSA) is 69.0 Å². The standard InChI is InChI=1S/C31H29NO5/c1-5-16-36-25-15-11-21(18-26(25)35-7-3)28-27-29(33)23-17-19(4)8-14-24(23)37-30(27)31(34)32(28)22-12-9-20(6-2)10-13-22/h5,8-15,17-18,28H,1,6-7,16H2,2-4H3. The molecule has 188 valence electrons. The number of fused-ring (bicyclic) bond motifs is 2. The van der Waals surface area contributed by atoms with Crippen LogP contribution in [-0.2, 0) is 6.42 Å². The number of hydrogen-bond donors (Lipinski definition) is 0. The number of carbonyl (C=O) groups is 1. The second-order valence-corrected chi connectivity index (χ2v) is 9.01. The number of carbonyl (C=O) groups excluding carboxylic acids is 1. The molecular formula is C31H29NO5. The van der Waals surface area contributed by atoms with Gasteiger partial charge >= 0.3 is 0 Å². The molecule has 1 aliphatic rings. The number of hydrogen-bond acceptors (Lipinski definition) is 5. The van der Waals surface area contributed by atoms with E-state index in [1.54, 1.807) is 29.2 Å². The molecule has 0 N–H and O–H groups in total. The molecule has 5 rings (SSSR count). The third-order valence-electron chi connectivity index (χ3n) is 6.59. The summed E-state index contributed by atoms with van der Waals surface area (Å²) in [6, 6.07) is 18.0. The van der Waals surface area contributed by atoms with E-state index >= 15 is 0 Å². The van der Waals surface area contributed by atoms with Gasteiger partial charge < -0.3 is 13.9 Å². The van der Waals surface area contributed by atoms with E-state index < -0.39 is 6.04 Å². The number of anilines is 1. The Labute approximate surface area is 215 Å². The number of ether oxygens (including phenoxy) is 2. The average Bonchev–Trinajstić information content (AvgIpc) is 3.21. The van der Waals surface area contributed by atoms with Gasteiger partial charge in [0.15, 0.2) is 16.9 Å². The van der Waals surface area contributed by atoms with Crippen LogP contribution in [0, 0.1) is 6.92 Å². The maximum absolute atomic E-state index is 13.9. The van der Waals surface area contributed by atoms with Gasteiger partial charge in [0.1, 0.15) is 12.2 Å². The highest BCUT2D eigenvalue weighted by Crippen LogP contribution is 2.43. The summed E-state index contributed by atoms with van der Waals surface area (Å²) in [4.78, 5) is 29.4. The minimum absolute atomic E-state index is 0.0656. The molecule has 37 heavy (non-hydrogen) atoms. The monoisotopic (exact) mass is 495 g/mol. The van der Waals surface area contributed by atoms with Crippen molar-refractivity contribution in [2.24, 2.45) is 0 Å². The van der Waals surface area contributed by atoms with Gasteiger partial charge in [0, 0.05) is 5.69 Å². The fourth-order valence-corrected chi connectivity index (χ4v) is 4.79. The molecule has 1 aliphatic heterocycles. The second kappa shape index (κ2) is 9.97. The lowest BCUT2D eigenvalue weighted by atomic mass is 9.97. The highest BCUT2D eigenvalue weighted by Gasteiger charge is 2.44. The highest BCUT2D eigenvalue weighted by molar-refractivity contribution is 6.10. The van der Waals surface area contributed by atoms with Gasteiger partial charge in [-0.15, -0.1) is 0 Å². The van der Waals surface area contributed by atoms with Crippen LogP contribution in [0.5, 0.6) is 11.5 Å². The Bertz CT molecular complexity index is 1550. The van der Waals surface area contributed by atoms with Crippen molar-refractivity contribution in [1.82, 2.24) is 0 Å². The molecule has 0 radical (unpaired) electrons. The molecule has 6 heteroatoms. The van der Waals surface area contributed by atoms with Crippen LogP contribution in [0.2, 0.25) is 0 Å². The SMILES string of the molecule is C=CCOc1ccc(C2c3c(oc4ccc(C)cc4c3=O)C(=O)N2c2ccc(CC)cc2)cc1OCC. The van der Waals surface area contributed by atoms with Crippen molar-refractivity contribution >= 4 is 22.6 Å². The molecule has 1 aromatic heterocycles. The van der Waals surface area contributed by atoms with Gasteiger partial charge in [-0.1, -0.05) is 49.4 Å². The van der Waals surface area contributed by atoms with Crippen molar-refractivity contribution < 1.29 is 18.7 Å². The zero-order chi connectivity index (χ0) is 26.1. The zero-order valence-corrected chi connectivity index (χ0v) is 21.2. The third-order valence-corrected chi connectivity index (χ3v) is 6.59. The molecule has 0 bridgehead atoms. The molecule has 0 spiro atoms. The molecule has 0 saturated heterocycles. The second-order valence-electron chi connectivity index (χ2n) is 9.01. The summed E-state index contributed by atoms with van der Waals surface area (Å²) in [7, 11) is 0. The highest BCUT2D eigenvalue weighted by atomic mass is 16.5. The number of amides is 1. The molecule has 0 saturated carbocycles. The summed E-state index contributed by atoms with van der Waals surface area (Å²) in [5.74, 6) is 0.810. The van der Waals surface area contributed by atoms with Crippen molar-refractivity contribution in [1.29, 1.82) is 0 Å². The molecule has 4 aromatic rings. The van der Waals surface area contributed by atoms with Crippen LogP contribution in [0.1, 0.15) is 52.7 Å². The first-order chi connectivity index (χ1) is 18.0. The van der Waals surface area contributed by atoms with Gasteiger partial charge in [-0.3, -0.25) is 14.5 Å². The zero-order valence-electron chi connectivity index (χ0n) is 21.2. The largest absolute Gasteiger partial charge is 0.490 e. The number of benzene rings is 3. The minimum atomic E-state index is -0.691. The van der Waals surface area contributed by atoms with Crippen LogP contribution < -0.4 is 19.8 Å². The number of rotatable bonds is 8. The Morgan fingerprint density at radius 1 is 0.973 bits per heavy atom. The van der Waals surface area contributed by atoms with Crippen molar-refractivity contribution in [2.45, 2.75) is 33.2 Å². The molecule has 0 aliphatic carbocycles. The maximum Gasteiger partial charge on any atom is 0.295 e. The molecule has 1 unspecified atom stereocenters. The average molecular weight is 496 g/mol. The molecule has 6 nitrogen and oxygen atoms in total. The molecular weight excluding hydrogens is 466 g/mol. The van der Waals surface area contributed by atoms with Crippen LogP contribution in [0.25, 0.3) is 11.0 Å². The summed E-state index contributed by atoms with van der Waals surface area (Å²) in [6.45, 7) is 10.4. The fraction of sp³-hybridized carbons (Fsp3) is 0.226. The van der Waals surface area contributed by atoms with Crippen LogP contribution in [0.3, 0.4) is 0 Å². The lowest BCUT2D eigenvalue weighted by Gasteiger charge is -2.26. The maximum atomic E-state index is 13.9. The third kappa shape index (κ3) is 4.29. The van der Waals surface area contributed by atoms with E-state index in [1.165, 1.54) is 0 Å². The van der Waals surface area contributed by atoms with Crippen molar-refractivity contribution in [3.63, 3.8) is 0 Å². The Kier molecular flexibility index (Phi) is 6.57. The first-order valence-corrected chi connectivity index (χ1v) is 12.5. The Hall–Kier alpha value is -4.32. The van der Waals surface area contributed by atoms with Gasteiger partial charge in [0.25, 0.3) is 5.91 Å². The summed E-state index contributed by atoms with van der Waals surface area (Å²) >= 11 is 0. The number of aryl methyl sites for hydroxylation is 2. The van der Waals surface area contributed by atoms with E-state index in [2.05, 4.69) is 13.5 Å². The summed E-state index contributed by atoms with van der Waals surface area (Å²) in [5.41, 5.74) is 4.01. The lowest BCUT2D eigenvalue weighted by molar-refractivity contribution is 0.0971. The van der Waals surface area contributed by atoms with Crippen LogP contribution in [0.4, 0.5) is 5.69 Å². The summed E-state index contributed by atoms with van der Waals surface area (Å²) in [5, 5.41) is 0.454. The first-order valence-electron chi connectivity index (χ1n) is 12.5. The molecule has 2 heterocycles. The van der Waals surface area contributed by atoms with E-state index in [0.29, 0.717) is 46.9 Å². The quantitative estimate of drug-likeness (QED) is 0.266. The van der Waals surface area contributed by atoms with E-state index in [1.807, 2.05) is 56.3 Å². The molecule has 1 atom stereocenters. The predicted octanol–water partition coefficient (Wildman–Crippen LogP) is 6.38. The van der Waals surface area contributed by atoms with E-state index in [4.69, 9.17) is 13.9 Å². The van der Waals surface area contributed by atoms with E-state index in [0.717, 1.165) is 23.1 Å². The normalized spacial score (nSPS) is 14.6. The fourth-order valence-electron chi connectivity index (χ4n) is 4.79. The van der Waals surface area contributed by atoms with Crippen molar-refractivity contribution in [2.75, 3.05) is 18.1 Å². The van der Waals surface area contributed by atoms with E-state index in [-0.39, 0.29) is 17.1 Å².